The fourth-order valence-electron chi connectivity index (χ4n) is 3.81. The van der Waals surface area contributed by atoms with Crippen LogP contribution >= 0.6 is 0 Å². The number of methoxy groups -OCH3 is 1. The zero-order valence-corrected chi connectivity index (χ0v) is 18.0. The Hall–Kier alpha value is -3.80. The van der Waals surface area contributed by atoms with Crippen LogP contribution in [0.25, 0.3) is 11.1 Å². The molecule has 3 aromatic carbocycles. The molecular formula is C26H26N2O4. The average molecular weight is 431 g/mol. The topological polar surface area (TPSA) is 67.9 Å². The maximum atomic E-state index is 12.5. The Morgan fingerprint density at radius 1 is 1.00 bits per heavy atom. The number of nitrogens with one attached hydrogen (secondary N) is 1. The standard InChI is InChI=1S/C26H26N2O4/c1-31-24-14-13-20(18-22(24)28-16-7-12-26(28)30)27-25(29)15-17-32-23-11-6-5-10-21(23)19-8-3-2-4-9-19/h2-6,8-11,13-14,18H,7,12,15-17H2,1H3,(H,27,29). The predicted octanol–water partition coefficient (Wildman–Crippen LogP) is 4.90. The number of carbonyl (C=O) groups is 2. The van der Waals surface area contributed by atoms with Crippen LogP contribution in [0.3, 0.4) is 0 Å². The van der Waals surface area contributed by atoms with Crippen molar-refractivity contribution < 1.29 is 19.1 Å². The molecule has 4 rings (SSSR count). The van der Waals surface area contributed by atoms with Crippen LogP contribution in [0.4, 0.5) is 11.4 Å². The molecule has 32 heavy (non-hydrogen) atoms. The molecule has 0 aliphatic carbocycles. The summed E-state index contributed by atoms with van der Waals surface area (Å²) in [5.41, 5.74) is 3.36. The van der Waals surface area contributed by atoms with Crippen LogP contribution in [0.5, 0.6) is 11.5 Å². The number of carbonyl (C=O) groups excluding carboxylic acids is 2. The van der Waals surface area contributed by atoms with Crippen molar-refractivity contribution in [1.82, 2.24) is 0 Å². The number of para-hydroxylation sites is 1. The molecule has 1 aliphatic heterocycles. The van der Waals surface area contributed by atoms with Gasteiger partial charge in [-0.3, -0.25) is 9.59 Å². The van der Waals surface area contributed by atoms with Gasteiger partial charge in [0.2, 0.25) is 11.8 Å². The van der Waals surface area contributed by atoms with E-state index in [1.807, 2.05) is 54.6 Å². The lowest BCUT2D eigenvalue weighted by atomic mass is 10.1. The Bertz CT molecular complexity index is 1100. The summed E-state index contributed by atoms with van der Waals surface area (Å²) >= 11 is 0. The van der Waals surface area contributed by atoms with Crippen molar-refractivity contribution in [1.29, 1.82) is 0 Å². The molecule has 2 amide bonds. The molecule has 0 radical (unpaired) electrons. The average Bonchev–Trinajstić information content (AvgIpc) is 3.25. The molecule has 0 spiro atoms. The van der Waals surface area contributed by atoms with Gasteiger partial charge in [0.15, 0.2) is 0 Å². The summed E-state index contributed by atoms with van der Waals surface area (Å²) in [4.78, 5) is 26.4. The molecule has 1 saturated heterocycles. The Morgan fingerprint density at radius 2 is 1.78 bits per heavy atom. The van der Waals surface area contributed by atoms with E-state index in [-0.39, 0.29) is 24.8 Å². The summed E-state index contributed by atoms with van der Waals surface area (Å²) in [7, 11) is 1.57. The second kappa shape index (κ2) is 10.0. The molecule has 0 aromatic heterocycles. The van der Waals surface area contributed by atoms with Crippen molar-refractivity contribution in [2.24, 2.45) is 0 Å². The molecule has 1 heterocycles. The molecule has 0 saturated carbocycles. The maximum absolute atomic E-state index is 12.5. The summed E-state index contributed by atoms with van der Waals surface area (Å²) in [6.07, 6.45) is 1.55. The van der Waals surface area contributed by atoms with Crippen molar-refractivity contribution in [3.8, 4) is 22.6 Å². The summed E-state index contributed by atoms with van der Waals surface area (Å²) in [6, 6.07) is 23.1. The third-order valence-corrected chi connectivity index (χ3v) is 5.39. The first-order chi connectivity index (χ1) is 15.7. The van der Waals surface area contributed by atoms with Crippen molar-refractivity contribution in [3.63, 3.8) is 0 Å². The van der Waals surface area contributed by atoms with Gasteiger partial charge in [0.05, 0.1) is 25.8 Å². The van der Waals surface area contributed by atoms with E-state index in [4.69, 9.17) is 9.47 Å². The summed E-state index contributed by atoms with van der Waals surface area (Å²) in [5.74, 6) is 1.26. The molecule has 3 aromatic rings. The van der Waals surface area contributed by atoms with Gasteiger partial charge in [-0.1, -0.05) is 48.5 Å². The molecule has 1 N–H and O–H groups in total. The lowest BCUT2D eigenvalue weighted by Crippen LogP contribution is -2.24. The van der Waals surface area contributed by atoms with E-state index >= 15 is 0 Å². The van der Waals surface area contributed by atoms with Crippen molar-refractivity contribution in [3.05, 3.63) is 72.8 Å². The van der Waals surface area contributed by atoms with Crippen molar-refractivity contribution in [2.75, 3.05) is 30.5 Å². The van der Waals surface area contributed by atoms with E-state index in [2.05, 4.69) is 5.32 Å². The monoisotopic (exact) mass is 430 g/mol. The van der Waals surface area contributed by atoms with E-state index in [1.54, 1.807) is 30.2 Å². The van der Waals surface area contributed by atoms with E-state index in [9.17, 15) is 9.59 Å². The Kier molecular flexibility index (Phi) is 6.70. The minimum absolute atomic E-state index is 0.0669. The minimum atomic E-state index is -0.161. The Balaban J connectivity index is 1.38. The molecule has 1 fully saturated rings. The number of hydrogen-bond acceptors (Lipinski definition) is 4. The second-order valence-corrected chi connectivity index (χ2v) is 7.54. The fraction of sp³-hybridized carbons (Fsp3) is 0.231. The number of amides is 2. The number of nitrogens with zero attached hydrogens (tertiary/aromatic N) is 1. The first-order valence-corrected chi connectivity index (χ1v) is 10.7. The van der Waals surface area contributed by atoms with Crippen molar-refractivity contribution >= 4 is 23.2 Å². The number of rotatable bonds is 8. The third-order valence-electron chi connectivity index (χ3n) is 5.39. The maximum Gasteiger partial charge on any atom is 0.227 e. The molecule has 1 aliphatic rings. The van der Waals surface area contributed by atoms with Crippen LogP contribution < -0.4 is 19.7 Å². The quantitative estimate of drug-likeness (QED) is 0.552. The first-order valence-electron chi connectivity index (χ1n) is 10.7. The second-order valence-electron chi connectivity index (χ2n) is 7.54. The smallest absolute Gasteiger partial charge is 0.227 e. The van der Waals surface area contributed by atoms with E-state index in [1.165, 1.54) is 0 Å². The van der Waals surface area contributed by atoms with Crippen LogP contribution in [-0.4, -0.2) is 32.1 Å². The van der Waals surface area contributed by atoms with Crippen LogP contribution in [0.1, 0.15) is 19.3 Å². The molecule has 6 nitrogen and oxygen atoms in total. The molecule has 0 atom stereocenters. The number of anilines is 2. The fourth-order valence-corrected chi connectivity index (χ4v) is 3.81. The zero-order chi connectivity index (χ0) is 22.3. The highest BCUT2D eigenvalue weighted by molar-refractivity contribution is 5.98. The molecule has 0 unspecified atom stereocenters. The predicted molar refractivity (Wildman–Crippen MR) is 125 cm³/mol. The van der Waals surface area contributed by atoms with Gasteiger partial charge in [-0.05, 0) is 36.2 Å². The van der Waals surface area contributed by atoms with Gasteiger partial charge in [-0.25, -0.2) is 0 Å². The Labute approximate surface area is 187 Å². The largest absolute Gasteiger partial charge is 0.495 e. The van der Waals surface area contributed by atoms with Gasteiger partial charge in [-0.2, -0.15) is 0 Å². The highest BCUT2D eigenvalue weighted by Gasteiger charge is 2.24. The molecule has 164 valence electrons. The van der Waals surface area contributed by atoms with Gasteiger partial charge in [-0.15, -0.1) is 0 Å². The van der Waals surface area contributed by atoms with Crippen molar-refractivity contribution in [2.45, 2.75) is 19.3 Å². The van der Waals surface area contributed by atoms with E-state index < -0.39 is 0 Å². The van der Waals surface area contributed by atoms with Gasteiger partial charge in [0, 0.05) is 24.2 Å². The van der Waals surface area contributed by atoms with Gasteiger partial charge >= 0.3 is 0 Å². The highest BCUT2D eigenvalue weighted by atomic mass is 16.5. The summed E-state index contributed by atoms with van der Waals surface area (Å²) < 4.78 is 11.3. The number of hydrogen-bond donors (Lipinski definition) is 1. The molecular weight excluding hydrogens is 404 g/mol. The normalized spacial score (nSPS) is 13.2. The Morgan fingerprint density at radius 3 is 2.53 bits per heavy atom. The summed E-state index contributed by atoms with van der Waals surface area (Å²) in [6.45, 7) is 0.907. The zero-order valence-electron chi connectivity index (χ0n) is 18.0. The molecule has 0 bridgehead atoms. The number of benzene rings is 3. The van der Waals surface area contributed by atoms with Gasteiger partial charge in [0.1, 0.15) is 11.5 Å². The first kappa shape index (κ1) is 21.4. The lowest BCUT2D eigenvalue weighted by Gasteiger charge is -2.20. The minimum Gasteiger partial charge on any atom is -0.495 e. The van der Waals surface area contributed by atoms with Gasteiger partial charge < -0.3 is 19.7 Å². The summed E-state index contributed by atoms with van der Waals surface area (Å²) in [5, 5.41) is 2.89. The van der Waals surface area contributed by atoms with Crippen LogP contribution in [0.2, 0.25) is 0 Å². The van der Waals surface area contributed by atoms with E-state index in [0.717, 1.165) is 23.3 Å². The van der Waals surface area contributed by atoms with Crippen LogP contribution in [0, 0.1) is 0 Å². The van der Waals surface area contributed by atoms with Crippen LogP contribution in [0.15, 0.2) is 72.8 Å². The lowest BCUT2D eigenvalue weighted by molar-refractivity contribution is -0.117. The SMILES string of the molecule is COc1ccc(NC(=O)CCOc2ccccc2-c2ccccc2)cc1N1CCCC1=O. The third kappa shape index (κ3) is 4.91. The molecule has 6 heteroatoms. The van der Waals surface area contributed by atoms with Gasteiger partial charge in [0.25, 0.3) is 0 Å². The highest BCUT2D eigenvalue weighted by Crippen LogP contribution is 2.34. The van der Waals surface area contributed by atoms with Crippen LogP contribution in [-0.2, 0) is 9.59 Å². The number of ether oxygens (including phenoxy) is 2. The van der Waals surface area contributed by atoms with E-state index in [0.29, 0.717) is 30.1 Å².